The zero-order chi connectivity index (χ0) is 16.1. The lowest BCUT2D eigenvalue weighted by molar-refractivity contribution is -0.135. The molecule has 1 atom stereocenters. The number of thioether (sulfide) groups is 1. The van der Waals surface area contributed by atoms with Crippen LogP contribution in [0.2, 0.25) is 0 Å². The Morgan fingerprint density at radius 1 is 1.52 bits per heavy atom. The Bertz CT molecular complexity index is 653. The van der Waals surface area contributed by atoms with E-state index >= 15 is 0 Å². The molecular weight excluding hydrogens is 319 g/mol. The van der Waals surface area contributed by atoms with Gasteiger partial charge in [0.2, 0.25) is 5.91 Å². The molecule has 1 fully saturated rings. The van der Waals surface area contributed by atoms with Crippen LogP contribution in [0.25, 0.3) is 0 Å². The summed E-state index contributed by atoms with van der Waals surface area (Å²) in [5, 5.41) is 7.09. The van der Waals surface area contributed by atoms with Crippen LogP contribution in [0.3, 0.4) is 0 Å². The maximum absolute atomic E-state index is 13.2. The molecule has 1 aliphatic heterocycles. The Morgan fingerprint density at radius 3 is 3.22 bits per heavy atom. The first-order chi connectivity index (χ1) is 11.2. The van der Waals surface area contributed by atoms with Gasteiger partial charge in [-0.15, -0.1) is 0 Å². The number of aromatic nitrogens is 3. The van der Waals surface area contributed by atoms with Crippen molar-refractivity contribution >= 4 is 17.7 Å². The number of halogens is 1. The number of morpholine rings is 1. The monoisotopic (exact) mass is 336 g/mol. The molecule has 6 nitrogen and oxygen atoms in total. The smallest absolute Gasteiger partial charge is 0.233 e. The molecule has 0 saturated carbocycles. The normalized spacial score (nSPS) is 18.1. The first-order valence-corrected chi connectivity index (χ1v) is 8.31. The van der Waals surface area contributed by atoms with Gasteiger partial charge in [-0.2, -0.15) is 5.10 Å². The average Bonchev–Trinajstić information content (AvgIpc) is 3.06. The van der Waals surface area contributed by atoms with E-state index in [2.05, 4.69) is 15.2 Å². The Balaban J connectivity index is 1.52. The van der Waals surface area contributed by atoms with Crippen molar-refractivity contribution in [1.29, 1.82) is 0 Å². The minimum Gasteiger partial charge on any atom is -0.374 e. The second kappa shape index (κ2) is 7.56. The number of benzene rings is 1. The average molecular weight is 336 g/mol. The number of nitrogens with zero attached hydrogens (tertiary/aromatic N) is 3. The van der Waals surface area contributed by atoms with Gasteiger partial charge in [0.05, 0.1) is 18.5 Å². The summed E-state index contributed by atoms with van der Waals surface area (Å²) in [4.78, 5) is 18.0. The second-order valence-corrected chi connectivity index (χ2v) is 6.21. The van der Waals surface area contributed by atoms with Gasteiger partial charge < -0.3 is 9.64 Å². The molecule has 0 spiro atoms. The van der Waals surface area contributed by atoms with Gasteiger partial charge >= 0.3 is 0 Å². The molecule has 1 N–H and O–H groups in total. The van der Waals surface area contributed by atoms with Crippen LogP contribution in [0, 0.1) is 5.82 Å². The van der Waals surface area contributed by atoms with E-state index in [9.17, 15) is 9.18 Å². The molecule has 0 bridgehead atoms. The number of H-pyrrole nitrogens is 1. The maximum atomic E-state index is 13.2. The van der Waals surface area contributed by atoms with Crippen LogP contribution in [0.15, 0.2) is 35.7 Å². The predicted molar refractivity (Wildman–Crippen MR) is 83.5 cm³/mol. The molecule has 8 heteroatoms. The molecule has 0 aliphatic carbocycles. The van der Waals surface area contributed by atoms with Gasteiger partial charge in [-0.25, -0.2) is 9.37 Å². The molecule has 1 aliphatic rings. The summed E-state index contributed by atoms with van der Waals surface area (Å²) < 4.78 is 18.9. The fourth-order valence-electron chi connectivity index (χ4n) is 2.48. The number of rotatable bonds is 5. The highest BCUT2D eigenvalue weighted by Crippen LogP contribution is 2.16. The molecule has 2 heterocycles. The van der Waals surface area contributed by atoms with Crippen molar-refractivity contribution in [2.24, 2.45) is 0 Å². The summed E-state index contributed by atoms with van der Waals surface area (Å²) in [6.45, 7) is 1.60. The van der Waals surface area contributed by atoms with Crippen LogP contribution < -0.4 is 0 Å². The zero-order valence-corrected chi connectivity index (χ0v) is 13.3. The number of hydrogen-bond donors (Lipinski definition) is 1. The maximum Gasteiger partial charge on any atom is 0.233 e. The van der Waals surface area contributed by atoms with Crippen molar-refractivity contribution < 1.29 is 13.9 Å². The first kappa shape index (κ1) is 15.9. The number of nitrogens with one attached hydrogen (secondary N) is 1. The van der Waals surface area contributed by atoms with E-state index in [1.807, 2.05) is 6.07 Å². The highest BCUT2D eigenvalue weighted by atomic mass is 32.2. The van der Waals surface area contributed by atoms with Crippen molar-refractivity contribution in [3.05, 3.63) is 42.0 Å². The van der Waals surface area contributed by atoms with Gasteiger partial charge in [-0.3, -0.25) is 9.89 Å². The number of aromatic amines is 1. The molecule has 0 radical (unpaired) electrons. The Labute approximate surface area is 137 Å². The molecule has 1 aromatic carbocycles. The minimum absolute atomic E-state index is 0.0407. The van der Waals surface area contributed by atoms with Crippen LogP contribution in [0.5, 0.6) is 0 Å². The molecule has 3 rings (SSSR count). The molecule has 23 heavy (non-hydrogen) atoms. The van der Waals surface area contributed by atoms with Gasteiger partial charge in [-0.1, -0.05) is 23.9 Å². The lowest BCUT2D eigenvalue weighted by Gasteiger charge is -2.33. The molecule has 0 unspecified atom stereocenters. The van der Waals surface area contributed by atoms with Crippen molar-refractivity contribution in [1.82, 2.24) is 20.1 Å². The van der Waals surface area contributed by atoms with Crippen molar-refractivity contribution in [3.63, 3.8) is 0 Å². The van der Waals surface area contributed by atoms with Gasteiger partial charge in [-0.05, 0) is 17.7 Å². The van der Waals surface area contributed by atoms with Crippen LogP contribution in [-0.2, 0) is 16.0 Å². The SMILES string of the molecule is O=C(CSc1ncn[nH]1)N1CCO[C@H](Cc2cccc(F)c2)C1. The largest absolute Gasteiger partial charge is 0.374 e. The zero-order valence-electron chi connectivity index (χ0n) is 12.4. The Kier molecular flexibility index (Phi) is 5.24. The molecule has 122 valence electrons. The fraction of sp³-hybridized carbons (Fsp3) is 0.400. The van der Waals surface area contributed by atoms with E-state index in [1.165, 1.54) is 30.2 Å². The first-order valence-electron chi connectivity index (χ1n) is 7.32. The number of ether oxygens (including phenoxy) is 1. The molecule has 2 aromatic rings. The minimum atomic E-state index is -0.255. The summed E-state index contributed by atoms with van der Waals surface area (Å²) >= 11 is 1.33. The third kappa shape index (κ3) is 4.52. The van der Waals surface area contributed by atoms with Gasteiger partial charge in [0.15, 0.2) is 5.16 Å². The standard InChI is InChI=1S/C15H17FN4O2S/c16-12-3-1-2-11(6-12)7-13-8-20(4-5-22-13)14(21)9-23-15-17-10-18-19-15/h1-3,6,10,13H,4-5,7-9H2,(H,17,18,19)/t13-/m1/s1. The van der Waals surface area contributed by atoms with Crippen molar-refractivity contribution in [2.45, 2.75) is 17.7 Å². The predicted octanol–water partition coefficient (Wildman–Crippen LogP) is 1.51. The van der Waals surface area contributed by atoms with Gasteiger partial charge in [0.1, 0.15) is 12.1 Å². The van der Waals surface area contributed by atoms with E-state index in [0.717, 1.165) is 5.56 Å². The highest BCUT2D eigenvalue weighted by Gasteiger charge is 2.24. The van der Waals surface area contributed by atoms with Gasteiger partial charge in [0, 0.05) is 19.5 Å². The lowest BCUT2D eigenvalue weighted by Crippen LogP contribution is -2.47. The lowest BCUT2D eigenvalue weighted by atomic mass is 10.1. The quantitative estimate of drug-likeness (QED) is 0.838. The molecule has 1 saturated heterocycles. The van der Waals surface area contributed by atoms with Gasteiger partial charge in [0.25, 0.3) is 0 Å². The summed E-state index contributed by atoms with van der Waals surface area (Å²) in [5.74, 6) is 0.0932. The molecule has 1 amide bonds. The van der Waals surface area contributed by atoms with E-state index in [4.69, 9.17) is 4.74 Å². The summed E-state index contributed by atoms with van der Waals surface area (Å²) in [5.41, 5.74) is 0.875. The molecule has 1 aromatic heterocycles. The van der Waals surface area contributed by atoms with Crippen LogP contribution in [0.1, 0.15) is 5.56 Å². The van der Waals surface area contributed by atoms with Crippen LogP contribution in [-0.4, -0.2) is 57.5 Å². The number of amides is 1. The van der Waals surface area contributed by atoms with Crippen molar-refractivity contribution in [3.8, 4) is 0 Å². The second-order valence-electron chi connectivity index (χ2n) is 5.25. The number of carbonyl (C=O) groups is 1. The number of hydrogen-bond acceptors (Lipinski definition) is 5. The Hall–Kier alpha value is -1.93. The van der Waals surface area contributed by atoms with E-state index in [-0.39, 0.29) is 17.8 Å². The third-order valence-electron chi connectivity index (χ3n) is 3.57. The topological polar surface area (TPSA) is 71.1 Å². The van der Waals surface area contributed by atoms with E-state index in [0.29, 0.717) is 37.0 Å². The summed E-state index contributed by atoms with van der Waals surface area (Å²) in [7, 11) is 0. The summed E-state index contributed by atoms with van der Waals surface area (Å²) in [6, 6.07) is 6.48. The third-order valence-corrected chi connectivity index (χ3v) is 4.43. The van der Waals surface area contributed by atoms with Crippen LogP contribution >= 0.6 is 11.8 Å². The van der Waals surface area contributed by atoms with Crippen molar-refractivity contribution in [2.75, 3.05) is 25.4 Å². The van der Waals surface area contributed by atoms with E-state index < -0.39 is 0 Å². The summed E-state index contributed by atoms with van der Waals surface area (Å²) in [6.07, 6.45) is 1.90. The highest BCUT2D eigenvalue weighted by molar-refractivity contribution is 7.99. The fourth-order valence-corrected chi connectivity index (χ4v) is 3.16. The Morgan fingerprint density at radius 2 is 2.43 bits per heavy atom. The van der Waals surface area contributed by atoms with E-state index in [1.54, 1.807) is 11.0 Å². The van der Waals surface area contributed by atoms with Crippen LogP contribution in [0.4, 0.5) is 4.39 Å². The molecular formula is C15H17FN4O2S. The number of carbonyl (C=O) groups excluding carboxylic acids is 1.